The number of hydrogen-bond donors (Lipinski definition) is 2. The molecule has 2 N–H and O–H groups in total. The van der Waals surface area contributed by atoms with E-state index in [1.807, 2.05) is 9.80 Å². The van der Waals surface area contributed by atoms with Crippen molar-refractivity contribution < 1.29 is 14.3 Å². The summed E-state index contributed by atoms with van der Waals surface area (Å²) in [7, 11) is 1.67. The van der Waals surface area contributed by atoms with Crippen LogP contribution in [-0.4, -0.2) is 81.3 Å². The number of carbonyl (C=O) groups excluding carboxylic acids is 2. The van der Waals surface area contributed by atoms with Crippen LogP contribution in [0.4, 0.5) is 4.79 Å². The van der Waals surface area contributed by atoms with Crippen molar-refractivity contribution in [3.05, 3.63) is 0 Å². The van der Waals surface area contributed by atoms with Gasteiger partial charge >= 0.3 is 6.03 Å². The monoisotopic (exact) mass is 362 g/mol. The summed E-state index contributed by atoms with van der Waals surface area (Å²) in [6.07, 6.45) is 3.97. The van der Waals surface area contributed by atoms with Crippen LogP contribution in [0.3, 0.4) is 0 Å². The summed E-state index contributed by atoms with van der Waals surface area (Å²) in [6, 6.07) is 0.112. The van der Waals surface area contributed by atoms with E-state index in [-0.39, 0.29) is 30.3 Å². The first-order chi connectivity index (χ1) is 11.2. The lowest BCUT2D eigenvalue weighted by atomic mass is 9.97. The normalized spacial score (nSPS) is 20.6. The van der Waals surface area contributed by atoms with Crippen LogP contribution in [0.15, 0.2) is 0 Å². The molecule has 8 heteroatoms. The number of methoxy groups -OCH3 is 1. The Morgan fingerprint density at radius 1 is 1.04 bits per heavy atom. The molecule has 2 fully saturated rings. The maximum absolute atomic E-state index is 12.4. The van der Waals surface area contributed by atoms with Crippen molar-refractivity contribution in [3.63, 3.8) is 0 Å². The highest BCUT2D eigenvalue weighted by Crippen LogP contribution is 2.19. The van der Waals surface area contributed by atoms with Crippen molar-refractivity contribution in [1.29, 1.82) is 0 Å². The molecule has 0 aromatic rings. The summed E-state index contributed by atoms with van der Waals surface area (Å²) >= 11 is 0. The molecule has 0 aromatic carbocycles. The van der Waals surface area contributed by atoms with Crippen LogP contribution >= 0.6 is 12.4 Å². The summed E-state index contributed by atoms with van der Waals surface area (Å²) in [5, 5.41) is 6.16. The second kappa shape index (κ2) is 11.5. The zero-order valence-electron chi connectivity index (χ0n) is 14.6. The molecule has 24 heavy (non-hydrogen) atoms. The average Bonchev–Trinajstić information content (AvgIpc) is 3.12. The number of nitrogens with zero attached hydrogens (tertiary/aromatic N) is 2. The number of nitrogens with one attached hydrogen (secondary N) is 2. The highest BCUT2D eigenvalue weighted by atomic mass is 35.5. The third kappa shape index (κ3) is 6.45. The Bertz CT molecular complexity index is 392. The molecular weight excluding hydrogens is 332 g/mol. The number of hydrogen-bond acceptors (Lipinski definition) is 4. The average molecular weight is 363 g/mol. The quantitative estimate of drug-likeness (QED) is 0.653. The van der Waals surface area contributed by atoms with Crippen LogP contribution in [0, 0.1) is 5.92 Å². The van der Waals surface area contributed by atoms with E-state index in [0.717, 1.165) is 58.4 Å². The number of ether oxygens (including phenoxy) is 1. The second-order valence-electron chi connectivity index (χ2n) is 6.30. The van der Waals surface area contributed by atoms with Gasteiger partial charge in [0.15, 0.2) is 0 Å². The van der Waals surface area contributed by atoms with E-state index in [9.17, 15) is 9.59 Å². The zero-order chi connectivity index (χ0) is 16.5. The van der Waals surface area contributed by atoms with E-state index in [2.05, 4.69) is 10.6 Å². The summed E-state index contributed by atoms with van der Waals surface area (Å²) in [4.78, 5) is 28.5. The van der Waals surface area contributed by atoms with Gasteiger partial charge in [-0.3, -0.25) is 4.79 Å². The van der Waals surface area contributed by atoms with Gasteiger partial charge in [0.05, 0.1) is 12.5 Å². The van der Waals surface area contributed by atoms with Gasteiger partial charge in [-0.2, -0.15) is 0 Å². The summed E-state index contributed by atoms with van der Waals surface area (Å²) in [6.45, 7) is 5.85. The molecule has 0 aromatic heterocycles. The second-order valence-corrected chi connectivity index (χ2v) is 6.30. The maximum atomic E-state index is 12.4. The van der Waals surface area contributed by atoms with Crippen LogP contribution in [0.2, 0.25) is 0 Å². The molecule has 2 aliphatic heterocycles. The molecule has 0 radical (unpaired) electrons. The molecule has 1 unspecified atom stereocenters. The fourth-order valence-electron chi connectivity index (χ4n) is 3.19. The van der Waals surface area contributed by atoms with Crippen molar-refractivity contribution in [1.82, 2.24) is 20.4 Å². The number of likely N-dealkylation sites (tertiary alicyclic amines) is 2. The van der Waals surface area contributed by atoms with Gasteiger partial charge in [-0.1, -0.05) is 0 Å². The Hall–Kier alpha value is -1.05. The molecule has 7 nitrogen and oxygen atoms in total. The molecule has 140 valence electrons. The number of rotatable bonds is 7. The smallest absolute Gasteiger partial charge is 0.320 e. The van der Waals surface area contributed by atoms with Crippen molar-refractivity contribution in [2.75, 3.05) is 59.5 Å². The fourth-order valence-corrected chi connectivity index (χ4v) is 3.19. The highest BCUT2D eigenvalue weighted by molar-refractivity contribution is 5.85. The van der Waals surface area contributed by atoms with Crippen molar-refractivity contribution >= 4 is 24.3 Å². The minimum atomic E-state index is -0.0747. The van der Waals surface area contributed by atoms with Crippen molar-refractivity contribution in [2.24, 2.45) is 5.92 Å². The van der Waals surface area contributed by atoms with Crippen LogP contribution in [0.1, 0.15) is 25.7 Å². The molecule has 0 saturated carbocycles. The predicted octanol–water partition coefficient (Wildman–Crippen LogP) is 0.688. The van der Waals surface area contributed by atoms with Gasteiger partial charge in [0.1, 0.15) is 0 Å². The Balaban J connectivity index is 0.00000288. The molecule has 0 aliphatic carbocycles. The van der Waals surface area contributed by atoms with Gasteiger partial charge in [-0.15, -0.1) is 12.4 Å². The topological polar surface area (TPSA) is 73.9 Å². The number of amides is 3. The van der Waals surface area contributed by atoms with Crippen LogP contribution in [0.25, 0.3) is 0 Å². The third-order valence-electron chi connectivity index (χ3n) is 4.52. The van der Waals surface area contributed by atoms with Crippen LogP contribution in [0.5, 0.6) is 0 Å². The third-order valence-corrected chi connectivity index (χ3v) is 4.52. The lowest BCUT2D eigenvalue weighted by Crippen LogP contribution is -2.50. The van der Waals surface area contributed by atoms with Gasteiger partial charge in [0, 0.05) is 52.9 Å². The summed E-state index contributed by atoms with van der Waals surface area (Å²) in [5.74, 6) is -0.00765. The van der Waals surface area contributed by atoms with Crippen LogP contribution in [-0.2, 0) is 9.53 Å². The summed E-state index contributed by atoms with van der Waals surface area (Å²) < 4.78 is 4.95. The van der Waals surface area contributed by atoms with E-state index in [1.54, 1.807) is 7.11 Å². The minimum absolute atomic E-state index is 0. The Morgan fingerprint density at radius 2 is 1.75 bits per heavy atom. The standard InChI is InChI=1S/C16H30N4O3.ClH/c1-23-12-8-17-6-7-18-15(21)14-5-4-11-20(13-14)16(22)19-9-2-3-10-19;/h14,17H,2-13H2,1H3,(H,18,21);1H. The molecule has 0 spiro atoms. The molecule has 0 bridgehead atoms. The SMILES string of the molecule is COCCNCCNC(=O)C1CCCN(C(=O)N2CCCC2)C1.Cl. The maximum Gasteiger partial charge on any atom is 0.320 e. The first-order valence-corrected chi connectivity index (χ1v) is 8.73. The largest absolute Gasteiger partial charge is 0.383 e. The Labute approximate surface area is 150 Å². The number of urea groups is 1. The number of halogens is 1. The molecule has 2 heterocycles. The molecule has 1 atom stereocenters. The first-order valence-electron chi connectivity index (χ1n) is 8.73. The highest BCUT2D eigenvalue weighted by Gasteiger charge is 2.31. The van der Waals surface area contributed by atoms with Crippen molar-refractivity contribution in [3.8, 4) is 0 Å². The number of carbonyl (C=O) groups is 2. The molecule has 3 amide bonds. The van der Waals surface area contributed by atoms with E-state index < -0.39 is 0 Å². The first kappa shape index (κ1) is 21.0. The van der Waals surface area contributed by atoms with E-state index in [4.69, 9.17) is 4.74 Å². The minimum Gasteiger partial charge on any atom is -0.383 e. The predicted molar refractivity (Wildman–Crippen MR) is 95.5 cm³/mol. The lowest BCUT2D eigenvalue weighted by Gasteiger charge is -2.34. The van der Waals surface area contributed by atoms with E-state index in [0.29, 0.717) is 19.7 Å². The lowest BCUT2D eigenvalue weighted by molar-refractivity contribution is -0.126. The van der Waals surface area contributed by atoms with Gasteiger partial charge in [-0.25, -0.2) is 4.79 Å². The molecular formula is C16H31ClN4O3. The van der Waals surface area contributed by atoms with E-state index >= 15 is 0 Å². The number of piperidine rings is 1. The molecule has 2 saturated heterocycles. The van der Waals surface area contributed by atoms with E-state index in [1.165, 1.54) is 0 Å². The Kier molecular flexibility index (Phi) is 10.1. The van der Waals surface area contributed by atoms with Gasteiger partial charge < -0.3 is 25.2 Å². The fraction of sp³-hybridized carbons (Fsp3) is 0.875. The molecule has 2 rings (SSSR count). The zero-order valence-corrected chi connectivity index (χ0v) is 15.4. The van der Waals surface area contributed by atoms with Gasteiger partial charge in [0.2, 0.25) is 5.91 Å². The summed E-state index contributed by atoms with van der Waals surface area (Å²) in [5.41, 5.74) is 0. The molecule has 2 aliphatic rings. The Morgan fingerprint density at radius 3 is 2.46 bits per heavy atom. The van der Waals surface area contributed by atoms with Crippen LogP contribution < -0.4 is 10.6 Å². The van der Waals surface area contributed by atoms with Crippen molar-refractivity contribution in [2.45, 2.75) is 25.7 Å². The van der Waals surface area contributed by atoms with Gasteiger partial charge in [0.25, 0.3) is 0 Å². The van der Waals surface area contributed by atoms with Gasteiger partial charge in [-0.05, 0) is 25.7 Å².